The maximum absolute atomic E-state index is 5.82. The summed E-state index contributed by atoms with van der Waals surface area (Å²) in [5.74, 6) is 6.63. The number of hydrogen-bond acceptors (Lipinski definition) is 4. The van der Waals surface area contributed by atoms with Crippen LogP contribution in [0.15, 0.2) is 18.2 Å². The molecule has 4 nitrogen and oxygen atoms in total. The van der Waals surface area contributed by atoms with Crippen LogP contribution in [-0.2, 0) is 11.2 Å². The molecule has 2 rings (SSSR count). The number of nitrogens with one attached hydrogen (secondary N) is 1. The molecule has 2 atom stereocenters. The van der Waals surface area contributed by atoms with Crippen LogP contribution in [0.5, 0.6) is 5.75 Å². The Kier molecular flexibility index (Phi) is 5.19. The zero-order valence-electron chi connectivity index (χ0n) is 11.8. The van der Waals surface area contributed by atoms with Gasteiger partial charge in [-0.3, -0.25) is 11.3 Å². The largest absolute Gasteiger partial charge is 0.496 e. The molecule has 0 saturated carbocycles. The fourth-order valence-electron chi connectivity index (χ4n) is 2.68. The Hall–Kier alpha value is -1.10. The average Bonchev–Trinajstić information content (AvgIpc) is 2.46. The molecule has 1 aliphatic rings. The number of benzene rings is 1. The molecule has 0 spiro atoms. The van der Waals surface area contributed by atoms with Gasteiger partial charge in [0.2, 0.25) is 0 Å². The second kappa shape index (κ2) is 6.89. The zero-order chi connectivity index (χ0) is 13.7. The first-order valence-electron chi connectivity index (χ1n) is 6.96. The predicted molar refractivity (Wildman–Crippen MR) is 76.1 cm³/mol. The van der Waals surface area contributed by atoms with Gasteiger partial charge in [-0.15, -0.1) is 0 Å². The summed E-state index contributed by atoms with van der Waals surface area (Å²) in [6, 6.07) is 6.37. The Labute approximate surface area is 115 Å². The molecule has 106 valence electrons. The summed E-state index contributed by atoms with van der Waals surface area (Å²) in [6.45, 7) is 2.93. The van der Waals surface area contributed by atoms with Gasteiger partial charge in [-0.25, -0.2) is 0 Å². The van der Waals surface area contributed by atoms with Crippen molar-refractivity contribution in [2.75, 3.05) is 13.7 Å². The van der Waals surface area contributed by atoms with Gasteiger partial charge in [0, 0.05) is 6.61 Å². The Morgan fingerprint density at radius 2 is 2.32 bits per heavy atom. The minimum absolute atomic E-state index is 0.135. The van der Waals surface area contributed by atoms with Crippen molar-refractivity contribution in [1.82, 2.24) is 5.43 Å². The minimum atomic E-state index is 0.135. The van der Waals surface area contributed by atoms with Crippen molar-refractivity contribution in [3.8, 4) is 5.75 Å². The summed E-state index contributed by atoms with van der Waals surface area (Å²) in [7, 11) is 1.70. The van der Waals surface area contributed by atoms with Crippen LogP contribution in [0.3, 0.4) is 0 Å². The molecule has 2 unspecified atom stereocenters. The highest BCUT2D eigenvalue weighted by molar-refractivity contribution is 5.37. The number of hydrogen-bond donors (Lipinski definition) is 2. The van der Waals surface area contributed by atoms with E-state index in [2.05, 4.69) is 24.5 Å². The second-order valence-corrected chi connectivity index (χ2v) is 5.20. The minimum Gasteiger partial charge on any atom is -0.496 e. The molecule has 19 heavy (non-hydrogen) atoms. The van der Waals surface area contributed by atoms with Gasteiger partial charge in [-0.1, -0.05) is 17.7 Å². The molecule has 1 aromatic carbocycles. The van der Waals surface area contributed by atoms with E-state index in [-0.39, 0.29) is 12.1 Å². The Bertz CT molecular complexity index is 403. The lowest BCUT2D eigenvalue weighted by Crippen LogP contribution is -2.47. The molecule has 0 radical (unpaired) electrons. The Morgan fingerprint density at radius 3 is 2.95 bits per heavy atom. The van der Waals surface area contributed by atoms with E-state index in [0.29, 0.717) is 0 Å². The molecule has 1 fully saturated rings. The maximum atomic E-state index is 5.82. The zero-order valence-corrected chi connectivity index (χ0v) is 11.8. The number of methoxy groups -OCH3 is 1. The smallest absolute Gasteiger partial charge is 0.122 e. The second-order valence-electron chi connectivity index (χ2n) is 5.20. The summed E-state index contributed by atoms with van der Waals surface area (Å²) in [5, 5.41) is 0. The van der Waals surface area contributed by atoms with Gasteiger partial charge in [-0.05, 0) is 44.2 Å². The van der Waals surface area contributed by atoms with Gasteiger partial charge in [0.1, 0.15) is 5.75 Å². The normalized spacial score (nSPS) is 21.1. The van der Waals surface area contributed by atoms with E-state index in [0.717, 1.165) is 31.6 Å². The fraction of sp³-hybridized carbons (Fsp3) is 0.600. The van der Waals surface area contributed by atoms with Crippen LogP contribution in [0.25, 0.3) is 0 Å². The van der Waals surface area contributed by atoms with Crippen LogP contribution in [0.4, 0.5) is 0 Å². The first-order valence-corrected chi connectivity index (χ1v) is 6.96. The topological polar surface area (TPSA) is 56.5 Å². The van der Waals surface area contributed by atoms with Gasteiger partial charge in [-0.2, -0.15) is 0 Å². The molecule has 0 aliphatic carbocycles. The molecule has 4 heteroatoms. The fourth-order valence-corrected chi connectivity index (χ4v) is 2.68. The van der Waals surface area contributed by atoms with E-state index < -0.39 is 0 Å². The van der Waals surface area contributed by atoms with E-state index in [1.165, 1.54) is 17.5 Å². The maximum Gasteiger partial charge on any atom is 0.122 e. The number of rotatable bonds is 5. The molecular formula is C15H24N2O2. The number of aryl methyl sites for hydroxylation is 1. The van der Waals surface area contributed by atoms with Gasteiger partial charge >= 0.3 is 0 Å². The van der Waals surface area contributed by atoms with Crippen LogP contribution in [-0.4, -0.2) is 25.9 Å². The number of ether oxygens (including phenoxy) is 2. The molecule has 1 aromatic rings. The van der Waals surface area contributed by atoms with E-state index in [9.17, 15) is 0 Å². The molecule has 0 amide bonds. The van der Waals surface area contributed by atoms with Gasteiger partial charge < -0.3 is 9.47 Å². The summed E-state index contributed by atoms with van der Waals surface area (Å²) < 4.78 is 11.2. The molecule has 1 saturated heterocycles. The predicted octanol–water partition coefficient (Wildman–Crippen LogP) is 1.95. The van der Waals surface area contributed by atoms with Crippen molar-refractivity contribution < 1.29 is 9.47 Å². The van der Waals surface area contributed by atoms with Crippen molar-refractivity contribution in [1.29, 1.82) is 0 Å². The van der Waals surface area contributed by atoms with Crippen molar-refractivity contribution in [2.45, 2.75) is 44.8 Å². The summed E-state index contributed by atoms with van der Waals surface area (Å²) in [4.78, 5) is 0. The van der Waals surface area contributed by atoms with Crippen molar-refractivity contribution in [2.24, 2.45) is 5.84 Å². The summed E-state index contributed by atoms with van der Waals surface area (Å²) >= 11 is 0. The lowest BCUT2D eigenvalue weighted by atomic mass is 9.95. The SMILES string of the molecule is COc1ccc(C)cc1CC(NN)C1CCCCO1. The summed E-state index contributed by atoms with van der Waals surface area (Å²) in [6.07, 6.45) is 4.47. The first-order chi connectivity index (χ1) is 9.24. The summed E-state index contributed by atoms with van der Waals surface area (Å²) in [5.41, 5.74) is 5.32. The Balaban J connectivity index is 2.10. The highest BCUT2D eigenvalue weighted by Gasteiger charge is 2.24. The van der Waals surface area contributed by atoms with E-state index >= 15 is 0 Å². The first kappa shape index (κ1) is 14.3. The monoisotopic (exact) mass is 264 g/mol. The lowest BCUT2D eigenvalue weighted by Gasteiger charge is -2.30. The molecular weight excluding hydrogens is 240 g/mol. The van der Waals surface area contributed by atoms with Crippen molar-refractivity contribution in [3.63, 3.8) is 0 Å². The molecule has 3 N–H and O–H groups in total. The molecule has 1 heterocycles. The van der Waals surface area contributed by atoms with Crippen LogP contribution < -0.4 is 16.0 Å². The highest BCUT2D eigenvalue weighted by atomic mass is 16.5. The lowest BCUT2D eigenvalue weighted by molar-refractivity contribution is -0.00753. The number of hydrazine groups is 1. The van der Waals surface area contributed by atoms with Crippen molar-refractivity contribution >= 4 is 0 Å². The van der Waals surface area contributed by atoms with Crippen LogP contribution in [0.2, 0.25) is 0 Å². The quantitative estimate of drug-likeness (QED) is 0.630. The van der Waals surface area contributed by atoms with E-state index in [1.54, 1.807) is 7.11 Å². The van der Waals surface area contributed by atoms with Crippen LogP contribution in [0.1, 0.15) is 30.4 Å². The molecule has 1 aliphatic heterocycles. The van der Waals surface area contributed by atoms with Crippen LogP contribution in [0, 0.1) is 6.92 Å². The molecule has 0 aromatic heterocycles. The third kappa shape index (κ3) is 3.69. The Morgan fingerprint density at radius 1 is 1.47 bits per heavy atom. The standard InChI is InChI=1S/C15H24N2O2/c1-11-6-7-14(18-2)12(9-11)10-13(17-16)15-5-3-4-8-19-15/h6-7,9,13,15,17H,3-5,8,10,16H2,1-2H3. The third-order valence-corrected chi connectivity index (χ3v) is 3.75. The highest BCUT2D eigenvalue weighted by Crippen LogP contribution is 2.24. The van der Waals surface area contributed by atoms with Gasteiger partial charge in [0.25, 0.3) is 0 Å². The van der Waals surface area contributed by atoms with Gasteiger partial charge in [0.15, 0.2) is 0 Å². The van der Waals surface area contributed by atoms with Crippen LogP contribution >= 0.6 is 0 Å². The van der Waals surface area contributed by atoms with E-state index in [1.807, 2.05) is 6.07 Å². The van der Waals surface area contributed by atoms with E-state index in [4.69, 9.17) is 15.3 Å². The molecule has 0 bridgehead atoms. The number of nitrogens with two attached hydrogens (primary N) is 1. The third-order valence-electron chi connectivity index (χ3n) is 3.75. The van der Waals surface area contributed by atoms with Gasteiger partial charge in [0.05, 0.1) is 19.3 Å². The average molecular weight is 264 g/mol. The van der Waals surface area contributed by atoms with Crippen molar-refractivity contribution in [3.05, 3.63) is 29.3 Å².